The van der Waals surface area contributed by atoms with E-state index in [4.69, 9.17) is 0 Å². The Balaban J connectivity index is 1.18. The number of nitrogens with one attached hydrogen (secondary N) is 2. The van der Waals surface area contributed by atoms with Crippen molar-refractivity contribution >= 4 is 72.6 Å². The molecule has 0 spiro atoms. The van der Waals surface area contributed by atoms with Crippen LogP contribution in [0.25, 0.3) is 43.1 Å². The molecule has 8 rings (SSSR count). The molecule has 0 fully saturated rings. The average molecular weight is 753 g/mol. The SMILES string of the molecule is CCCCCCC(CCCCCC)N1C(=O)c2ccc3c4ccc5c6c(ccc(c7ccc(c2c37)C1=O)c64)C(C)(O)N(CCNc1cc(C)nc(NC)n1)C5=O. The summed E-state index contributed by atoms with van der Waals surface area (Å²) in [6.07, 6.45) is 10.4. The number of aromatic nitrogens is 2. The summed E-state index contributed by atoms with van der Waals surface area (Å²) >= 11 is 0. The summed E-state index contributed by atoms with van der Waals surface area (Å²) in [6.45, 7) is 8.56. The Hall–Kier alpha value is -5.35. The lowest BCUT2D eigenvalue weighted by Gasteiger charge is -2.42. The highest BCUT2D eigenvalue weighted by Gasteiger charge is 2.43. The van der Waals surface area contributed by atoms with Crippen LogP contribution < -0.4 is 10.6 Å². The molecule has 2 aliphatic heterocycles. The number of nitrogens with zero attached hydrogens (tertiary/aromatic N) is 4. The molecule has 1 unspecified atom stereocenters. The molecule has 2 aliphatic rings. The van der Waals surface area contributed by atoms with Gasteiger partial charge >= 0.3 is 0 Å². The van der Waals surface area contributed by atoms with Gasteiger partial charge in [-0.1, -0.05) is 95.5 Å². The normalized spacial score (nSPS) is 16.8. The smallest absolute Gasteiger partial charge is 0.261 e. The first-order valence-electron chi connectivity index (χ1n) is 20.5. The highest BCUT2D eigenvalue weighted by Crippen LogP contribution is 2.48. The van der Waals surface area contributed by atoms with E-state index in [0.717, 1.165) is 108 Å². The number of amides is 3. The summed E-state index contributed by atoms with van der Waals surface area (Å²) < 4.78 is 0. The van der Waals surface area contributed by atoms with Crippen LogP contribution in [0.4, 0.5) is 11.8 Å². The first-order chi connectivity index (χ1) is 27.1. The number of imide groups is 1. The van der Waals surface area contributed by atoms with Crippen LogP contribution in [-0.4, -0.2) is 68.8 Å². The highest BCUT2D eigenvalue weighted by atomic mass is 16.3. The quantitative estimate of drug-likeness (QED) is 0.0386. The maximum absolute atomic E-state index is 14.5. The molecule has 10 nitrogen and oxygen atoms in total. The van der Waals surface area contributed by atoms with Crippen molar-refractivity contribution in [3.8, 4) is 0 Å². The summed E-state index contributed by atoms with van der Waals surface area (Å²) in [7, 11) is 1.76. The van der Waals surface area contributed by atoms with E-state index >= 15 is 0 Å². The van der Waals surface area contributed by atoms with Gasteiger partial charge in [-0.15, -0.1) is 0 Å². The van der Waals surface area contributed by atoms with Crippen LogP contribution in [0.5, 0.6) is 0 Å². The zero-order valence-electron chi connectivity index (χ0n) is 33.2. The molecule has 0 saturated heterocycles. The fourth-order valence-electron chi connectivity index (χ4n) is 9.39. The summed E-state index contributed by atoms with van der Waals surface area (Å²) in [4.78, 5) is 55.2. The molecule has 0 aliphatic carbocycles. The van der Waals surface area contributed by atoms with Gasteiger partial charge in [-0.05, 0) is 77.2 Å². The maximum Gasteiger partial charge on any atom is 0.261 e. The number of rotatable bonds is 16. The first-order valence-corrected chi connectivity index (χ1v) is 20.5. The number of carbonyl (C=O) groups is 3. The average Bonchev–Trinajstić information content (AvgIpc) is 3.19. The molecule has 3 heterocycles. The molecule has 3 amide bonds. The Morgan fingerprint density at radius 2 is 1.23 bits per heavy atom. The van der Waals surface area contributed by atoms with E-state index in [9.17, 15) is 19.5 Å². The van der Waals surface area contributed by atoms with Crippen molar-refractivity contribution in [2.45, 2.75) is 104 Å². The second-order valence-electron chi connectivity index (χ2n) is 15.8. The lowest BCUT2D eigenvalue weighted by Crippen LogP contribution is -2.52. The van der Waals surface area contributed by atoms with Gasteiger partial charge in [-0.25, -0.2) is 4.98 Å². The van der Waals surface area contributed by atoms with E-state index in [1.54, 1.807) is 18.9 Å². The van der Waals surface area contributed by atoms with Gasteiger partial charge < -0.3 is 20.6 Å². The molecule has 1 aromatic heterocycles. The molecule has 0 radical (unpaired) electrons. The Morgan fingerprint density at radius 1 is 0.696 bits per heavy atom. The lowest BCUT2D eigenvalue weighted by molar-refractivity contribution is -0.0783. The third kappa shape index (κ3) is 6.09. The van der Waals surface area contributed by atoms with Crippen molar-refractivity contribution in [3.63, 3.8) is 0 Å². The van der Waals surface area contributed by atoms with Gasteiger partial charge in [-0.3, -0.25) is 19.3 Å². The molecular formula is C46H52N6O4. The van der Waals surface area contributed by atoms with E-state index in [2.05, 4.69) is 34.4 Å². The number of aliphatic hydroxyl groups is 1. The number of benzene rings is 5. The second kappa shape index (κ2) is 15.0. The zero-order valence-corrected chi connectivity index (χ0v) is 33.2. The maximum atomic E-state index is 14.5. The molecule has 10 heteroatoms. The molecular weight excluding hydrogens is 701 g/mol. The molecule has 3 N–H and O–H groups in total. The monoisotopic (exact) mass is 752 g/mol. The van der Waals surface area contributed by atoms with E-state index < -0.39 is 5.72 Å². The second-order valence-corrected chi connectivity index (χ2v) is 15.8. The fraction of sp³-hybridized carbons (Fsp3) is 0.413. The molecule has 56 heavy (non-hydrogen) atoms. The van der Waals surface area contributed by atoms with Crippen LogP contribution in [0.1, 0.15) is 127 Å². The van der Waals surface area contributed by atoms with Crippen LogP contribution >= 0.6 is 0 Å². The number of carbonyl (C=O) groups excluding carboxylic acids is 3. The number of hydrogen-bond acceptors (Lipinski definition) is 8. The standard InChI is InChI=1S/C46H52N6O4/c1-6-8-10-12-14-28(15-13-11-9-7-2)52-43(54)33-19-16-29-31-18-21-35-41-36(23-22-32(39(31)41)30-17-20-34(44(52)55)40(33)38(29)30)46(4,56)51(42(35)53)25-24-48-37-26-27(3)49-45(47-5)50-37/h16-23,26,28,56H,6-15,24-25H2,1-5H3,(H2,47,48,49,50). The topological polar surface area (TPSA) is 128 Å². The minimum Gasteiger partial charge on any atom is -0.368 e. The Labute approximate surface area is 328 Å². The molecule has 1 atom stereocenters. The zero-order chi connectivity index (χ0) is 39.3. The van der Waals surface area contributed by atoms with Gasteiger partial charge in [0.15, 0.2) is 5.72 Å². The van der Waals surface area contributed by atoms with Crippen molar-refractivity contribution in [1.29, 1.82) is 0 Å². The van der Waals surface area contributed by atoms with Crippen LogP contribution in [0.15, 0.2) is 54.6 Å². The van der Waals surface area contributed by atoms with Crippen molar-refractivity contribution in [3.05, 3.63) is 82.5 Å². The Kier molecular flexibility index (Phi) is 10.0. The van der Waals surface area contributed by atoms with Gasteiger partial charge in [0, 0.05) is 71.0 Å². The van der Waals surface area contributed by atoms with E-state index in [1.807, 2.05) is 61.5 Å². The minimum absolute atomic E-state index is 0.126. The molecule has 0 saturated carbocycles. The molecule has 0 bridgehead atoms. The van der Waals surface area contributed by atoms with Crippen molar-refractivity contribution < 1.29 is 19.5 Å². The van der Waals surface area contributed by atoms with Gasteiger partial charge in [0.25, 0.3) is 17.7 Å². The van der Waals surface area contributed by atoms with Crippen molar-refractivity contribution in [2.24, 2.45) is 0 Å². The van der Waals surface area contributed by atoms with Gasteiger partial charge in [-0.2, -0.15) is 4.98 Å². The number of aryl methyl sites for hydroxylation is 1. The fourth-order valence-corrected chi connectivity index (χ4v) is 9.39. The van der Waals surface area contributed by atoms with Gasteiger partial charge in [0.1, 0.15) is 5.82 Å². The largest absolute Gasteiger partial charge is 0.368 e. The minimum atomic E-state index is -1.59. The number of anilines is 2. The number of fused-ring (bicyclic) bond motifs is 2. The number of hydrogen-bond donors (Lipinski definition) is 3. The molecule has 290 valence electrons. The summed E-state index contributed by atoms with van der Waals surface area (Å²) in [5.41, 5.74) is 1.55. The van der Waals surface area contributed by atoms with Crippen LogP contribution in [0, 0.1) is 6.92 Å². The predicted octanol–water partition coefficient (Wildman–Crippen LogP) is 9.52. The third-order valence-electron chi connectivity index (χ3n) is 12.2. The van der Waals surface area contributed by atoms with E-state index in [-0.39, 0.29) is 30.3 Å². The van der Waals surface area contributed by atoms with Gasteiger partial charge in [0.05, 0.1) is 0 Å². The van der Waals surface area contributed by atoms with Crippen LogP contribution in [0.3, 0.4) is 0 Å². The summed E-state index contributed by atoms with van der Waals surface area (Å²) in [5, 5.41) is 25.3. The van der Waals surface area contributed by atoms with Gasteiger partial charge in [0.2, 0.25) is 5.95 Å². The first kappa shape index (κ1) is 37.6. The van der Waals surface area contributed by atoms with Crippen LogP contribution in [-0.2, 0) is 5.72 Å². The summed E-state index contributed by atoms with van der Waals surface area (Å²) in [6, 6.07) is 17.3. The highest BCUT2D eigenvalue weighted by molar-refractivity contribution is 6.39. The van der Waals surface area contributed by atoms with E-state index in [1.165, 1.54) is 4.90 Å². The molecule has 6 aromatic rings. The summed E-state index contributed by atoms with van der Waals surface area (Å²) in [5.74, 6) is 0.469. The van der Waals surface area contributed by atoms with Crippen molar-refractivity contribution in [1.82, 2.24) is 19.8 Å². The Bertz CT molecular complexity index is 2430. The lowest BCUT2D eigenvalue weighted by atomic mass is 9.80. The van der Waals surface area contributed by atoms with Crippen molar-refractivity contribution in [2.75, 3.05) is 30.8 Å². The third-order valence-corrected chi connectivity index (χ3v) is 12.2. The predicted molar refractivity (Wildman–Crippen MR) is 225 cm³/mol. The molecule has 5 aromatic carbocycles. The van der Waals surface area contributed by atoms with Crippen LogP contribution in [0.2, 0.25) is 0 Å². The number of unbranched alkanes of at least 4 members (excludes halogenated alkanes) is 6. The Morgan fingerprint density at radius 3 is 1.79 bits per heavy atom. The van der Waals surface area contributed by atoms with E-state index in [0.29, 0.717) is 46.0 Å².